The predicted molar refractivity (Wildman–Crippen MR) is 100 cm³/mol. The summed E-state index contributed by atoms with van der Waals surface area (Å²) in [6.07, 6.45) is 0. The molecule has 23 heavy (non-hydrogen) atoms. The van der Waals surface area contributed by atoms with E-state index in [2.05, 4.69) is 24.3 Å². The first kappa shape index (κ1) is 16.5. The molecule has 0 aromatic heterocycles. The van der Waals surface area contributed by atoms with Gasteiger partial charge in [-0.15, -0.1) is 0 Å². The van der Waals surface area contributed by atoms with E-state index in [1.807, 2.05) is 74.5 Å². The maximum atomic E-state index is 6.02. The fourth-order valence-corrected chi connectivity index (χ4v) is 2.20. The lowest BCUT2D eigenvalue weighted by atomic mass is 10.0. The molecule has 3 aromatic carbocycles. The van der Waals surface area contributed by atoms with Crippen molar-refractivity contribution in [2.75, 3.05) is 5.73 Å². The van der Waals surface area contributed by atoms with Gasteiger partial charge in [-0.2, -0.15) is 0 Å². The lowest BCUT2D eigenvalue weighted by molar-refractivity contribution is 1.47. The maximum Gasteiger partial charge on any atom is 0.0866 e. The molecule has 3 aromatic rings. The number of benzene rings is 3. The van der Waals surface area contributed by atoms with Crippen molar-refractivity contribution in [3.8, 4) is 0 Å². The van der Waals surface area contributed by atoms with Crippen LogP contribution in [0, 0.1) is 0 Å². The van der Waals surface area contributed by atoms with E-state index >= 15 is 0 Å². The number of nitrogen functional groups attached to an aromatic ring is 1. The Bertz CT molecular complexity index is 706. The van der Waals surface area contributed by atoms with E-state index in [1.54, 1.807) is 0 Å². The van der Waals surface area contributed by atoms with Crippen molar-refractivity contribution in [3.63, 3.8) is 0 Å². The highest BCUT2D eigenvalue weighted by Gasteiger charge is 2.07. The highest BCUT2D eigenvalue weighted by Crippen LogP contribution is 2.23. The Morgan fingerprint density at radius 2 is 1.09 bits per heavy atom. The van der Waals surface area contributed by atoms with Gasteiger partial charge in [0.15, 0.2) is 0 Å². The number of rotatable bonds is 3. The van der Waals surface area contributed by atoms with Gasteiger partial charge < -0.3 is 5.73 Å². The van der Waals surface area contributed by atoms with Crippen LogP contribution >= 0.6 is 0 Å². The van der Waals surface area contributed by atoms with Gasteiger partial charge in [0.2, 0.25) is 0 Å². The Morgan fingerprint density at radius 1 is 0.652 bits per heavy atom. The molecule has 0 heterocycles. The molecule has 2 heteroatoms. The molecule has 0 amide bonds. The summed E-state index contributed by atoms with van der Waals surface area (Å²) in [5.41, 5.74) is 10.6. The SMILES string of the molecule is CC.Nc1ccccc1N=C(c1ccccc1)c1ccccc1. The van der Waals surface area contributed by atoms with Crippen LogP contribution in [0.15, 0.2) is 89.9 Å². The van der Waals surface area contributed by atoms with Crippen LogP contribution in [0.1, 0.15) is 25.0 Å². The predicted octanol–water partition coefficient (Wildman–Crippen LogP) is 5.46. The van der Waals surface area contributed by atoms with Gasteiger partial charge in [-0.05, 0) is 12.1 Å². The van der Waals surface area contributed by atoms with Gasteiger partial charge in [0.05, 0.1) is 17.1 Å². The summed E-state index contributed by atoms with van der Waals surface area (Å²) < 4.78 is 0. The number of hydrogen-bond acceptors (Lipinski definition) is 2. The number of aliphatic imine (C=N–C) groups is 1. The molecule has 0 atom stereocenters. The first-order valence-electron chi connectivity index (χ1n) is 7.88. The first-order valence-corrected chi connectivity index (χ1v) is 7.88. The summed E-state index contributed by atoms with van der Waals surface area (Å²) in [6, 6.07) is 28.0. The number of nitrogens with two attached hydrogens (primary N) is 1. The Balaban J connectivity index is 0.000000924. The van der Waals surface area contributed by atoms with Gasteiger partial charge in [0.1, 0.15) is 0 Å². The molecule has 0 spiro atoms. The van der Waals surface area contributed by atoms with E-state index in [0.29, 0.717) is 5.69 Å². The molecule has 2 nitrogen and oxygen atoms in total. The maximum absolute atomic E-state index is 6.02. The summed E-state index contributed by atoms with van der Waals surface area (Å²) in [7, 11) is 0. The molecule has 0 bridgehead atoms. The molecular weight excluding hydrogens is 280 g/mol. The highest BCUT2D eigenvalue weighted by molar-refractivity contribution is 6.14. The van der Waals surface area contributed by atoms with Gasteiger partial charge in [0.25, 0.3) is 0 Å². The molecule has 0 saturated heterocycles. The quantitative estimate of drug-likeness (QED) is 0.506. The lowest BCUT2D eigenvalue weighted by Gasteiger charge is -2.08. The topological polar surface area (TPSA) is 38.4 Å². The third-order valence-corrected chi connectivity index (χ3v) is 3.26. The Labute approximate surface area is 138 Å². The van der Waals surface area contributed by atoms with Crippen LogP contribution in [0.5, 0.6) is 0 Å². The molecule has 0 radical (unpaired) electrons. The number of nitrogens with zero attached hydrogens (tertiary/aromatic N) is 1. The van der Waals surface area contributed by atoms with E-state index in [-0.39, 0.29) is 0 Å². The molecule has 2 N–H and O–H groups in total. The smallest absolute Gasteiger partial charge is 0.0866 e. The minimum Gasteiger partial charge on any atom is -0.397 e. The zero-order valence-electron chi connectivity index (χ0n) is 13.6. The molecule has 0 aliphatic rings. The van der Waals surface area contributed by atoms with Gasteiger partial charge in [-0.3, -0.25) is 0 Å². The second-order valence-corrected chi connectivity index (χ2v) is 4.75. The molecule has 0 saturated carbocycles. The van der Waals surface area contributed by atoms with Gasteiger partial charge in [0, 0.05) is 11.1 Å². The number of anilines is 1. The van der Waals surface area contributed by atoms with E-state index < -0.39 is 0 Å². The van der Waals surface area contributed by atoms with E-state index in [0.717, 1.165) is 22.5 Å². The van der Waals surface area contributed by atoms with Crippen molar-refractivity contribution in [2.45, 2.75) is 13.8 Å². The molecule has 0 fully saturated rings. The van der Waals surface area contributed by atoms with E-state index in [1.165, 1.54) is 0 Å². The van der Waals surface area contributed by atoms with Crippen molar-refractivity contribution < 1.29 is 0 Å². The molecule has 0 aliphatic heterocycles. The van der Waals surface area contributed by atoms with Gasteiger partial charge in [-0.25, -0.2) is 4.99 Å². The second-order valence-electron chi connectivity index (χ2n) is 4.75. The largest absolute Gasteiger partial charge is 0.397 e. The van der Waals surface area contributed by atoms with Crippen molar-refractivity contribution in [1.82, 2.24) is 0 Å². The Kier molecular flexibility index (Phi) is 6.13. The van der Waals surface area contributed by atoms with Gasteiger partial charge in [-0.1, -0.05) is 86.6 Å². The second kappa shape index (κ2) is 8.54. The third-order valence-electron chi connectivity index (χ3n) is 3.26. The van der Waals surface area contributed by atoms with Crippen LogP contribution in [0.2, 0.25) is 0 Å². The standard InChI is InChI=1S/C19H16N2.C2H6/c20-17-13-7-8-14-18(17)21-19(15-9-3-1-4-10-15)16-11-5-2-6-12-16;1-2/h1-14H,20H2;1-2H3. The molecule has 3 rings (SSSR count). The van der Waals surface area contributed by atoms with Crippen LogP contribution in [0.25, 0.3) is 0 Å². The Hall–Kier alpha value is -2.87. The van der Waals surface area contributed by atoms with Crippen LogP contribution in [-0.2, 0) is 0 Å². The van der Waals surface area contributed by atoms with Gasteiger partial charge >= 0.3 is 0 Å². The fraction of sp³-hybridized carbons (Fsp3) is 0.0952. The lowest BCUT2D eigenvalue weighted by Crippen LogP contribution is -2.03. The average Bonchev–Trinajstić information content (AvgIpc) is 2.64. The van der Waals surface area contributed by atoms with Crippen LogP contribution in [-0.4, -0.2) is 5.71 Å². The summed E-state index contributed by atoms with van der Waals surface area (Å²) >= 11 is 0. The average molecular weight is 302 g/mol. The molecule has 0 unspecified atom stereocenters. The van der Waals surface area contributed by atoms with E-state index in [9.17, 15) is 0 Å². The van der Waals surface area contributed by atoms with Crippen molar-refractivity contribution in [1.29, 1.82) is 0 Å². The van der Waals surface area contributed by atoms with Crippen molar-refractivity contribution in [3.05, 3.63) is 96.1 Å². The van der Waals surface area contributed by atoms with Crippen LogP contribution in [0.4, 0.5) is 11.4 Å². The summed E-state index contributed by atoms with van der Waals surface area (Å²) in [6.45, 7) is 4.00. The fourth-order valence-electron chi connectivity index (χ4n) is 2.20. The minimum absolute atomic E-state index is 0.682. The molecule has 116 valence electrons. The normalized spacial score (nSPS) is 9.48. The van der Waals surface area contributed by atoms with E-state index in [4.69, 9.17) is 10.7 Å². The highest BCUT2D eigenvalue weighted by atomic mass is 14.8. The van der Waals surface area contributed by atoms with Crippen LogP contribution in [0.3, 0.4) is 0 Å². The number of para-hydroxylation sites is 2. The monoisotopic (exact) mass is 302 g/mol. The molecular formula is C21H22N2. The minimum atomic E-state index is 0.682. The molecule has 0 aliphatic carbocycles. The summed E-state index contributed by atoms with van der Waals surface area (Å²) in [5, 5.41) is 0. The zero-order valence-corrected chi connectivity index (χ0v) is 13.6. The number of hydrogen-bond donors (Lipinski definition) is 1. The summed E-state index contributed by atoms with van der Waals surface area (Å²) in [4.78, 5) is 4.79. The van der Waals surface area contributed by atoms with Crippen LogP contribution < -0.4 is 5.73 Å². The van der Waals surface area contributed by atoms with Crippen molar-refractivity contribution in [2.24, 2.45) is 4.99 Å². The summed E-state index contributed by atoms with van der Waals surface area (Å²) in [5.74, 6) is 0. The third kappa shape index (κ3) is 4.30. The Morgan fingerprint density at radius 3 is 1.57 bits per heavy atom. The van der Waals surface area contributed by atoms with Crippen molar-refractivity contribution >= 4 is 17.1 Å². The first-order chi connectivity index (χ1) is 11.3. The zero-order chi connectivity index (χ0) is 16.5.